The first-order valence-electron chi connectivity index (χ1n) is 2.89. The van der Waals surface area contributed by atoms with Crippen molar-refractivity contribution in [3.05, 3.63) is 0 Å². The predicted octanol–water partition coefficient (Wildman–Crippen LogP) is 0.398. The number of aliphatic hydroxyl groups excluding tert-OH is 1. The van der Waals surface area contributed by atoms with Crippen LogP contribution in [-0.2, 0) is 0 Å². The quantitative estimate of drug-likeness (QED) is 0.556. The van der Waals surface area contributed by atoms with Gasteiger partial charge in [0.25, 0.3) is 5.92 Å². The number of aliphatic hydroxyl groups is 1. The summed E-state index contributed by atoms with van der Waals surface area (Å²) in [5.41, 5.74) is 0. The number of nitrogens with one attached hydrogen (secondary N) is 1. The van der Waals surface area contributed by atoms with Crippen molar-refractivity contribution in [3.63, 3.8) is 0 Å². The van der Waals surface area contributed by atoms with E-state index in [1.54, 1.807) is 0 Å². The highest BCUT2D eigenvalue weighted by Crippen LogP contribution is 2.24. The number of rotatable bonds is 0. The van der Waals surface area contributed by atoms with E-state index in [4.69, 9.17) is 5.11 Å². The fourth-order valence-electron chi connectivity index (χ4n) is 0.810. The largest absolute Gasteiger partial charge is 0.386 e. The standard InChI is InChI=1S/C5H9F2NO.ClH/c6-5(7)1-2-8-3-4(5)9;/h4,8-9H,1-3H2;1H. The number of piperidine rings is 1. The molecular formula is C5H10ClF2NO. The highest BCUT2D eigenvalue weighted by molar-refractivity contribution is 5.85. The molecule has 1 fully saturated rings. The van der Waals surface area contributed by atoms with Crippen molar-refractivity contribution in [2.45, 2.75) is 18.4 Å². The van der Waals surface area contributed by atoms with Crippen LogP contribution in [-0.4, -0.2) is 30.2 Å². The molecule has 0 amide bonds. The molecule has 1 atom stereocenters. The van der Waals surface area contributed by atoms with Gasteiger partial charge in [0, 0.05) is 19.5 Å². The summed E-state index contributed by atoms with van der Waals surface area (Å²) >= 11 is 0. The van der Waals surface area contributed by atoms with Crippen molar-refractivity contribution in [1.29, 1.82) is 0 Å². The lowest BCUT2D eigenvalue weighted by molar-refractivity contribution is -0.123. The van der Waals surface area contributed by atoms with Crippen LogP contribution in [0.1, 0.15) is 6.42 Å². The van der Waals surface area contributed by atoms with Crippen molar-refractivity contribution >= 4 is 12.4 Å². The van der Waals surface area contributed by atoms with E-state index in [9.17, 15) is 8.78 Å². The van der Waals surface area contributed by atoms with Crippen LogP contribution in [0.5, 0.6) is 0 Å². The van der Waals surface area contributed by atoms with Gasteiger partial charge in [-0.05, 0) is 0 Å². The van der Waals surface area contributed by atoms with Crippen LogP contribution < -0.4 is 5.32 Å². The molecule has 0 aromatic rings. The molecule has 1 saturated heterocycles. The van der Waals surface area contributed by atoms with Crippen molar-refractivity contribution in [2.75, 3.05) is 13.1 Å². The third-order valence-corrected chi connectivity index (χ3v) is 1.46. The van der Waals surface area contributed by atoms with Gasteiger partial charge in [0.2, 0.25) is 0 Å². The van der Waals surface area contributed by atoms with Crippen LogP contribution in [0.25, 0.3) is 0 Å². The van der Waals surface area contributed by atoms with E-state index in [0.29, 0.717) is 6.54 Å². The normalized spacial score (nSPS) is 30.9. The van der Waals surface area contributed by atoms with Gasteiger partial charge < -0.3 is 10.4 Å². The van der Waals surface area contributed by atoms with Crippen molar-refractivity contribution in [3.8, 4) is 0 Å². The summed E-state index contributed by atoms with van der Waals surface area (Å²) in [4.78, 5) is 0. The maximum Gasteiger partial charge on any atom is 0.275 e. The summed E-state index contributed by atoms with van der Waals surface area (Å²) in [6.07, 6.45) is -1.75. The van der Waals surface area contributed by atoms with Crippen molar-refractivity contribution in [1.82, 2.24) is 5.32 Å². The summed E-state index contributed by atoms with van der Waals surface area (Å²) in [5.74, 6) is -2.87. The Balaban J connectivity index is 0.000000810. The molecule has 0 aromatic heterocycles. The van der Waals surface area contributed by atoms with E-state index < -0.39 is 12.0 Å². The third kappa shape index (κ3) is 2.04. The maximum atomic E-state index is 12.3. The molecule has 5 heteroatoms. The minimum atomic E-state index is -2.87. The van der Waals surface area contributed by atoms with Gasteiger partial charge in [-0.2, -0.15) is 0 Å². The molecule has 1 aliphatic heterocycles. The molecule has 0 aromatic carbocycles. The lowest BCUT2D eigenvalue weighted by atomic mass is 10.1. The molecule has 0 radical (unpaired) electrons. The summed E-state index contributed by atoms with van der Waals surface area (Å²) in [6, 6.07) is 0. The first-order valence-corrected chi connectivity index (χ1v) is 2.89. The summed E-state index contributed by atoms with van der Waals surface area (Å²) in [6.45, 7) is 0.303. The number of alkyl halides is 2. The van der Waals surface area contributed by atoms with E-state index in [2.05, 4.69) is 5.32 Å². The highest BCUT2D eigenvalue weighted by atomic mass is 35.5. The third-order valence-electron chi connectivity index (χ3n) is 1.46. The van der Waals surface area contributed by atoms with E-state index in [1.807, 2.05) is 0 Å². The molecular weight excluding hydrogens is 164 g/mol. The van der Waals surface area contributed by atoms with Gasteiger partial charge in [-0.1, -0.05) is 0 Å². The van der Waals surface area contributed by atoms with Crippen molar-refractivity contribution < 1.29 is 13.9 Å². The van der Waals surface area contributed by atoms with Gasteiger partial charge in [-0.25, -0.2) is 8.78 Å². The van der Waals surface area contributed by atoms with Gasteiger partial charge in [0.15, 0.2) is 0 Å². The van der Waals surface area contributed by atoms with Crippen molar-refractivity contribution in [2.24, 2.45) is 0 Å². The number of halogens is 3. The molecule has 0 bridgehead atoms. The van der Waals surface area contributed by atoms with Crippen LogP contribution in [0, 0.1) is 0 Å². The van der Waals surface area contributed by atoms with E-state index in [0.717, 1.165) is 0 Å². The van der Waals surface area contributed by atoms with E-state index in [1.165, 1.54) is 0 Å². The fraction of sp³-hybridized carbons (Fsp3) is 1.00. The van der Waals surface area contributed by atoms with Crippen LogP contribution in [0.3, 0.4) is 0 Å². The zero-order chi connectivity index (χ0) is 6.91. The number of hydrogen-bond donors (Lipinski definition) is 2. The summed E-state index contributed by atoms with van der Waals surface area (Å²) < 4.78 is 24.6. The lowest BCUT2D eigenvalue weighted by Crippen LogP contribution is -2.48. The second-order valence-corrected chi connectivity index (χ2v) is 2.23. The smallest absolute Gasteiger partial charge is 0.275 e. The zero-order valence-electron chi connectivity index (χ0n) is 5.31. The fourth-order valence-corrected chi connectivity index (χ4v) is 0.810. The minimum absolute atomic E-state index is 0. The van der Waals surface area contributed by atoms with Gasteiger partial charge in [-0.15, -0.1) is 12.4 Å². The Morgan fingerprint density at radius 1 is 1.50 bits per heavy atom. The van der Waals surface area contributed by atoms with Gasteiger partial charge in [-0.3, -0.25) is 0 Å². The van der Waals surface area contributed by atoms with Gasteiger partial charge >= 0.3 is 0 Å². The molecule has 0 aliphatic carbocycles. The molecule has 0 saturated carbocycles. The molecule has 1 rings (SSSR count). The Hall–Kier alpha value is 0.0700. The minimum Gasteiger partial charge on any atom is -0.386 e. The van der Waals surface area contributed by atoms with Gasteiger partial charge in [0.1, 0.15) is 6.10 Å². The molecule has 0 spiro atoms. The SMILES string of the molecule is Cl.OC1CNCCC1(F)F. The molecule has 2 nitrogen and oxygen atoms in total. The van der Waals surface area contributed by atoms with Crippen LogP contribution >= 0.6 is 12.4 Å². The first-order chi connectivity index (χ1) is 4.13. The van der Waals surface area contributed by atoms with E-state index >= 15 is 0 Å². The molecule has 10 heavy (non-hydrogen) atoms. The lowest BCUT2D eigenvalue weighted by Gasteiger charge is -2.27. The molecule has 2 N–H and O–H groups in total. The van der Waals surface area contributed by atoms with E-state index in [-0.39, 0.29) is 25.4 Å². The van der Waals surface area contributed by atoms with Crippen LogP contribution in [0.4, 0.5) is 8.78 Å². The second kappa shape index (κ2) is 3.46. The Labute approximate surface area is 64.0 Å². The molecule has 62 valence electrons. The highest BCUT2D eigenvalue weighted by Gasteiger charge is 2.39. The topological polar surface area (TPSA) is 32.3 Å². The van der Waals surface area contributed by atoms with Crippen LogP contribution in [0.15, 0.2) is 0 Å². The molecule has 1 unspecified atom stereocenters. The molecule has 1 aliphatic rings. The summed E-state index contributed by atoms with van der Waals surface area (Å²) in [5, 5.41) is 11.3. The maximum absolute atomic E-state index is 12.3. The average Bonchev–Trinajstić information content (AvgIpc) is 1.77. The summed E-state index contributed by atoms with van der Waals surface area (Å²) in [7, 11) is 0. The Kier molecular flexibility index (Phi) is 3.48. The monoisotopic (exact) mass is 173 g/mol. The van der Waals surface area contributed by atoms with Crippen LogP contribution in [0.2, 0.25) is 0 Å². The zero-order valence-corrected chi connectivity index (χ0v) is 6.13. The second-order valence-electron chi connectivity index (χ2n) is 2.23. The number of hydrogen-bond acceptors (Lipinski definition) is 2. The molecule has 1 heterocycles. The van der Waals surface area contributed by atoms with Gasteiger partial charge in [0.05, 0.1) is 0 Å². The first kappa shape index (κ1) is 10.1. The number of β-amino-alcohol motifs (C(OH)–C–C–N with tert-alkyl or cyclic N) is 1. The Morgan fingerprint density at radius 2 is 2.10 bits per heavy atom. The predicted molar refractivity (Wildman–Crippen MR) is 35.7 cm³/mol. The Bertz CT molecular complexity index is 112. The Morgan fingerprint density at radius 3 is 2.40 bits per heavy atom. The average molecular weight is 174 g/mol.